The summed E-state index contributed by atoms with van der Waals surface area (Å²) >= 11 is 0. The molecule has 1 fully saturated rings. The van der Waals surface area contributed by atoms with E-state index in [-0.39, 0.29) is 69.2 Å². The van der Waals surface area contributed by atoms with Crippen LogP contribution in [0.4, 0.5) is 10.5 Å². The van der Waals surface area contributed by atoms with Gasteiger partial charge in [0.1, 0.15) is 18.1 Å². The van der Waals surface area contributed by atoms with Crippen molar-refractivity contribution < 1.29 is 46.3 Å². The Morgan fingerprint density at radius 3 is 2.10 bits per heavy atom. The van der Waals surface area contributed by atoms with E-state index in [1.165, 1.54) is 18.3 Å². The Labute approximate surface area is 185 Å². The molecule has 11 N–H and O–H groups in total. The number of carbonyl (C=O) groups excluding carboxylic acids is 2. The summed E-state index contributed by atoms with van der Waals surface area (Å²) in [6.07, 6.45) is 1.31. The summed E-state index contributed by atoms with van der Waals surface area (Å²) in [4.78, 5) is 32.5. The molecule has 0 unspecified atom stereocenters. The summed E-state index contributed by atoms with van der Waals surface area (Å²) in [5.41, 5.74) is 0.663. The first kappa shape index (κ1) is 33.9. The van der Waals surface area contributed by atoms with Crippen LogP contribution in [0.25, 0.3) is 11.3 Å². The molecule has 0 bridgehead atoms. The van der Waals surface area contributed by atoms with Gasteiger partial charge in [-0.2, -0.15) is 5.10 Å². The molecule has 0 saturated carbocycles. The number of urea groups is 1. The number of hydrogen-bond donors (Lipinski definition) is 1. The van der Waals surface area contributed by atoms with Crippen LogP contribution in [0.3, 0.4) is 0 Å². The Kier molecular flexibility index (Phi) is 16.7. The zero-order chi connectivity index (χ0) is 16.4. The van der Waals surface area contributed by atoms with E-state index >= 15 is 0 Å². The van der Waals surface area contributed by atoms with Crippen molar-refractivity contribution in [2.45, 2.75) is 0 Å². The van der Waals surface area contributed by atoms with E-state index in [9.17, 15) is 19.7 Å². The van der Waals surface area contributed by atoms with Gasteiger partial charge in [0.15, 0.2) is 0 Å². The molecule has 1 radical (unpaired) electrons. The number of nitrogens with zero attached hydrogens (tertiary/aromatic N) is 3. The van der Waals surface area contributed by atoms with Crippen molar-refractivity contribution in [2.24, 2.45) is 5.10 Å². The number of nitro groups is 1. The monoisotopic (exact) mass is 427 g/mol. The van der Waals surface area contributed by atoms with Crippen LogP contribution < -0.4 is 5.32 Å². The molecule has 1 aliphatic rings. The SMILES string of the molecule is O.O.O.O.O.O=C1CN(/N=C/c2ccc(-c3ccc([N+](=O)[O-])cc3)o2)C(=O)N1.[Na]. The van der Waals surface area contributed by atoms with E-state index in [1.54, 1.807) is 24.3 Å². The number of nitro benzene ring substituents is 1. The number of amides is 3. The zero-order valence-corrected chi connectivity index (χ0v) is 17.1. The van der Waals surface area contributed by atoms with E-state index < -0.39 is 16.9 Å². The standard InChI is InChI=1S/C14H10N4O5.Na.5H2O/c19-13-8-17(14(20)16-13)15-7-11-5-6-12(23-11)9-1-3-10(4-2-9)18(21)22;;;;;;/h1-7H,8H2,(H,16,19,20);;5*1H2/b15-7+;;;;;;. The van der Waals surface area contributed by atoms with Gasteiger partial charge in [0, 0.05) is 47.3 Å². The fraction of sp³-hybridized carbons (Fsp3) is 0.0714. The predicted octanol–water partition coefficient (Wildman–Crippen LogP) is -2.76. The van der Waals surface area contributed by atoms with Crippen LogP contribution in [-0.4, -0.2) is 91.6 Å². The number of nitrogens with one attached hydrogen (secondary N) is 1. The van der Waals surface area contributed by atoms with Gasteiger partial charge >= 0.3 is 6.03 Å². The van der Waals surface area contributed by atoms with Gasteiger partial charge in [-0.15, -0.1) is 0 Å². The third kappa shape index (κ3) is 8.06. The molecule has 3 rings (SSSR count). The number of hydrogen-bond acceptors (Lipinski definition) is 6. The molecule has 2 heterocycles. The van der Waals surface area contributed by atoms with Crippen molar-refractivity contribution in [3.8, 4) is 11.3 Å². The zero-order valence-electron chi connectivity index (χ0n) is 15.1. The van der Waals surface area contributed by atoms with E-state index in [0.29, 0.717) is 17.1 Å². The van der Waals surface area contributed by atoms with E-state index in [1.807, 2.05) is 0 Å². The summed E-state index contributed by atoms with van der Waals surface area (Å²) in [6, 6.07) is 8.63. The normalized spacial score (nSPS) is 11.5. The molecule has 1 aromatic heterocycles. The van der Waals surface area contributed by atoms with Crippen LogP contribution in [0.15, 0.2) is 45.9 Å². The van der Waals surface area contributed by atoms with Gasteiger partial charge in [-0.05, 0) is 24.3 Å². The Morgan fingerprint density at radius 2 is 1.62 bits per heavy atom. The third-order valence-corrected chi connectivity index (χ3v) is 3.09. The predicted molar refractivity (Wildman–Crippen MR) is 102 cm³/mol. The van der Waals surface area contributed by atoms with Gasteiger partial charge in [0.05, 0.1) is 11.1 Å². The molecule has 15 heteroatoms. The van der Waals surface area contributed by atoms with Crippen LogP contribution in [-0.2, 0) is 4.79 Å². The minimum Gasteiger partial charge on any atom is -0.455 e. The van der Waals surface area contributed by atoms with Crippen molar-refractivity contribution in [3.05, 3.63) is 52.3 Å². The Hall–Kier alpha value is -2.69. The molecule has 14 nitrogen and oxygen atoms in total. The van der Waals surface area contributed by atoms with Crippen molar-refractivity contribution >= 4 is 53.4 Å². The van der Waals surface area contributed by atoms with Gasteiger partial charge in [-0.3, -0.25) is 20.2 Å². The number of carbonyl (C=O) groups is 2. The second-order valence-corrected chi connectivity index (χ2v) is 4.66. The first-order valence-corrected chi connectivity index (χ1v) is 6.53. The molecule has 157 valence electrons. The Balaban J connectivity index is -0.000000521. The van der Waals surface area contributed by atoms with Gasteiger partial charge in [0.2, 0.25) is 5.91 Å². The number of benzene rings is 1. The topological polar surface area (TPSA) is 276 Å². The number of non-ortho nitro benzene ring substituents is 1. The van der Waals surface area contributed by atoms with Crippen molar-refractivity contribution in [2.75, 3.05) is 6.54 Å². The average Bonchev–Trinajstić information content (AvgIpc) is 3.11. The fourth-order valence-corrected chi connectivity index (χ4v) is 1.98. The molecule has 2 aromatic rings. The van der Waals surface area contributed by atoms with Crippen molar-refractivity contribution in [1.82, 2.24) is 10.3 Å². The van der Waals surface area contributed by atoms with Gasteiger partial charge < -0.3 is 31.8 Å². The smallest absolute Gasteiger partial charge is 0.344 e. The molecule has 3 amide bonds. The van der Waals surface area contributed by atoms with Gasteiger partial charge in [-0.25, -0.2) is 9.80 Å². The Bertz CT molecular complexity index is 824. The number of rotatable bonds is 4. The van der Waals surface area contributed by atoms with Crippen LogP contribution in [0, 0.1) is 10.1 Å². The molecule has 29 heavy (non-hydrogen) atoms. The summed E-state index contributed by atoms with van der Waals surface area (Å²) in [6.45, 7) is -0.134. The van der Waals surface area contributed by atoms with Crippen molar-refractivity contribution in [1.29, 1.82) is 0 Å². The van der Waals surface area contributed by atoms with Crippen molar-refractivity contribution in [3.63, 3.8) is 0 Å². The Morgan fingerprint density at radius 1 is 1.03 bits per heavy atom. The molecule has 1 aliphatic heterocycles. The maximum Gasteiger partial charge on any atom is 0.344 e. The van der Waals surface area contributed by atoms with Crippen LogP contribution in [0.5, 0.6) is 0 Å². The summed E-state index contributed by atoms with van der Waals surface area (Å²) in [5, 5.41) is 17.6. The second kappa shape index (κ2) is 14.3. The number of furan rings is 1. The number of imide groups is 1. The first-order valence-electron chi connectivity index (χ1n) is 6.53. The fourth-order valence-electron chi connectivity index (χ4n) is 1.98. The summed E-state index contributed by atoms with van der Waals surface area (Å²) < 4.78 is 5.53. The molecule has 0 atom stereocenters. The van der Waals surface area contributed by atoms with Crippen LogP contribution in [0.1, 0.15) is 5.76 Å². The second-order valence-electron chi connectivity index (χ2n) is 4.66. The molecular weight excluding hydrogens is 407 g/mol. The van der Waals surface area contributed by atoms with Gasteiger partial charge in [-0.1, -0.05) is 0 Å². The third-order valence-electron chi connectivity index (χ3n) is 3.09. The number of hydrazone groups is 1. The van der Waals surface area contributed by atoms with Crippen LogP contribution >= 0.6 is 0 Å². The minimum absolute atomic E-state index is 0. The molecule has 0 spiro atoms. The minimum atomic E-state index is -0.589. The first-order chi connectivity index (χ1) is 11.0. The molecule has 0 aliphatic carbocycles. The molecular formula is C14H20N4NaO10. The van der Waals surface area contributed by atoms with Gasteiger partial charge in [0.25, 0.3) is 5.69 Å². The molecule has 1 saturated heterocycles. The van der Waals surface area contributed by atoms with E-state index in [0.717, 1.165) is 5.01 Å². The van der Waals surface area contributed by atoms with E-state index in [4.69, 9.17) is 4.42 Å². The quantitative estimate of drug-likeness (QED) is 0.178. The largest absolute Gasteiger partial charge is 0.455 e. The summed E-state index contributed by atoms with van der Waals surface area (Å²) in [7, 11) is 0. The van der Waals surface area contributed by atoms with E-state index in [2.05, 4.69) is 10.4 Å². The van der Waals surface area contributed by atoms with Crippen LogP contribution in [0.2, 0.25) is 0 Å². The molecule has 1 aromatic carbocycles. The average molecular weight is 427 g/mol. The summed E-state index contributed by atoms with van der Waals surface area (Å²) in [5.74, 6) is 0.465. The maximum absolute atomic E-state index is 11.3. The maximum atomic E-state index is 11.3.